The molecule has 0 bridgehead atoms. The molecule has 0 unspecified atom stereocenters. The van der Waals surface area contributed by atoms with Crippen molar-refractivity contribution in [3.63, 3.8) is 0 Å². The molecule has 4 nitrogen and oxygen atoms in total. The van der Waals surface area contributed by atoms with Crippen LogP contribution >= 0.6 is 0 Å². The van der Waals surface area contributed by atoms with Crippen LogP contribution in [0.3, 0.4) is 0 Å². The minimum Gasteiger partial charge on any atom is -0.340 e. The summed E-state index contributed by atoms with van der Waals surface area (Å²) in [7, 11) is 0. The van der Waals surface area contributed by atoms with Gasteiger partial charge in [0.1, 0.15) is 5.82 Å². The van der Waals surface area contributed by atoms with Gasteiger partial charge in [0, 0.05) is 31.7 Å². The van der Waals surface area contributed by atoms with Gasteiger partial charge in [-0.3, -0.25) is 14.5 Å². The maximum atomic E-state index is 13.0. The Hall–Kier alpha value is -2.53. The van der Waals surface area contributed by atoms with E-state index in [0.717, 1.165) is 11.1 Å². The first-order chi connectivity index (χ1) is 13.4. The van der Waals surface area contributed by atoms with E-state index in [-0.39, 0.29) is 23.9 Å². The van der Waals surface area contributed by atoms with Gasteiger partial charge in [-0.2, -0.15) is 0 Å². The molecule has 0 N–H and O–H groups in total. The fourth-order valence-corrected chi connectivity index (χ4v) is 3.39. The molecule has 3 rings (SSSR count). The van der Waals surface area contributed by atoms with E-state index in [1.165, 1.54) is 17.7 Å². The average Bonchev–Trinajstić information content (AvgIpc) is 2.70. The molecule has 2 aromatic rings. The van der Waals surface area contributed by atoms with E-state index in [1.54, 1.807) is 12.1 Å². The summed E-state index contributed by atoms with van der Waals surface area (Å²) in [6.45, 7) is 7.23. The zero-order valence-electron chi connectivity index (χ0n) is 16.5. The molecule has 0 atom stereocenters. The summed E-state index contributed by atoms with van der Waals surface area (Å²) in [5, 5.41) is 0. The standard InChI is InChI=1S/C23H27FN2O2/c1-17(2)19-5-7-20(8-6-19)22(27)16-25-11-13-26(14-12-25)23(28)15-18-3-9-21(24)10-4-18/h3-10,17H,11-16H2,1-2H3. The number of rotatable bonds is 6. The van der Waals surface area contributed by atoms with E-state index in [0.29, 0.717) is 38.6 Å². The molecular weight excluding hydrogens is 355 g/mol. The van der Waals surface area contributed by atoms with Gasteiger partial charge in [0.2, 0.25) is 5.91 Å². The van der Waals surface area contributed by atoms with Crippen LogP contribution < -0.4 is 0 Å². The molecule has 0 aliphatic carbocycles. The SMILES string of the molecule is CC(C)c1ccc(C(=O)CN2CCN(C(=O)Cc3ccc(F)cc3)CC2)cc1. The lowest BCUT2D eigenvalue weighted by atomic mass is 10.0. The molecule has 1 aliphatic rings. The monoisotopic (exact) mass is 382 g/mol. The number of piperazine rings is 1. The average molecular weight is 382 g/mol. The zero-order valence-corrected chi connectivity index (χ0v) is 16.5. The third-order valence-corrected chi connectivity index (χ3v) is 5.26. The van der Waals surface area contributed by atoms with Crippen molar-refractivity contribution in [2.24, 2.45) is 0 Å². The molecule has 0 aromatic heterocycles. The molecule has 0 spiro atoms. The minimum absolute atomic E-state index is 0.0434. The van der Waals surface area contributed by atoms with Gasteiger partial charge in [-0.25, -0.2) is 4.39 Å². The number of ketones is 1. The molecule has 1 fully saturated rings. The third kappa shape index (κ3) is 5.26. The lowest BCUT2D eigenvalue weighted by Crippen LogP contribution is -2.50. The van der Waals surface area contributed by atoms with E-state index in [4.69, 9.17) is 0 Å². The molecule has 0 saturated carbocycles. The van der Waals surface area contributed by atoms with E-state index < -0.39 is 0 Å². The number of nitrogens with zero attached hydrogens (tertiary/aromatic N) is 2. The molecule has 1 amide bonds. The highest BCUT2D eigenvalue weighted by Gasteiger charge is 2.23. The van der Waals surface area contributed by atoms with Gasteiger partial charge in [0.25, 0.3) is 0 Å². The van der Waals surface area contributed by atoms with Crippen LogP contribution in [0.25, 0.3) is 0 Å². The minimum atomic E-state index is -0.298. The van der Waals surface area contributed by atoms with Crippen molar-refractivity contribution in [2.45, 2.75) is 26.2 Å². The smallest absolute Gasteiger partial charge is 0.227 e. The van der Waals surface area contributed by atoms with Crippen LogP contribution in [0.15, 0.2) is 48.5 Å². The number of Topliss-reactive ketones (excluding diaryl/α,β-unsaturated/α-hetero) is 1. The quantitative estimate of drug-likeness (QED) is 0.718. The van der Waals surface area contributed by atoms with Crippen LogP contribution in [0.2, 0.25) is 0 Å². The van der Waals surface area contributed by atoms with Gasteiger partial charge >= 0.3 is 0 Å². The Balaban J connectivity index is 1.47. The number of carbonyl (C=O) groups is 2. The first kappa shape index (κ1) is 20.2. The van der Waals surface area contributed by atoms with Gasteiger partial charge in [-0.05, 0) is 29.2 Å². The summed E-state index contributed by atoms with van der Waals surface area (Å²) in [4.78, 5) is 28.9. The molecule has 0 radical (unpaired) electrons. The Labute approximate surface area is 166 Å². The summed E-state index contributed by atoms with van der Waals surface area (Å²) in [6, 6.07) is 13.9. The summed E-state index contributed by atoms with van der Waals surface area (Å²) in [5.74, 6) is 0.307. The van der Waals surface area contributed by atoms with Gasteiger partial charge in [0.15, 0.2) is 5.78 Å². The summed E-state index contributed by atoms with van der Waals surface area (Å²) in [6.07, 6.45) is 0.279. The number of amides is 1. The first-order valence-electron chi connectivity index (χ1n) is 9.80. The second-order valence-electron chi connectivity index (χ2n) is 7.66. The number of halogens is 1. The van der Waals surface area contributed by atoms with Crippen molar-refractivity contribution in [3.8, 4) is 0 Å². The molecule has 2 aromatic carbocycles. The molecule has 1 aliphatic heterocycles. The maximum Gasteiger partial charge on any atom is 0.227 e. The largest absolute Gasteiger partial charge is 0.340 e. The van der Waals surface area contributed by atoms with Crippen molar-refractivity contribution >= 4 is 11.7 Å². The molecular formula is C23H27FN2O2. The van der Waals surface area contributed by atoms with Crippen molar-refractivity contribution in [2.75, 3.05) is 32.7 Å². The van der Waals surface area contributed by atoms with Crippen LogP contribution in [0, 0.1) is 5.82 Å². The van der Waals surface area contributed by atoms with Gasteiger partial charge in [-0.1, -0.05) is 50.2 Å². The van der Waals surface area contributed by atoms with Gasteiger partial charge < -0.3 is 4.90 Å². The highest BCUT2D eigenvalue weighted by Crippen LogP contribution is 2.15. The highest BCUT2D eigenvalue weighted by atomic mass is 19.1. The van der Waals surface area contributed by atoms with Crippen molar-refractivity contribution in [3.05, 3.63) is 71.0 Å². The molecule has 1 saturated heterocycles. The Morgan fingerprint density at radius 2 is 1.54 bits per heavy atom. The summed E-state index contributed by atoms with van der Waals surface area (Å²) < 4.78 is 13.0. The lowest BCUT2D eigenvalue weighted by molar-refractivity contribution is -0.132. The topological polar surface area (TPSA) is 40.6 Å². The summed E-state index contributed by atoms with van der Waals surface area (Å²) in [5.41, 5.74) is 2.78. The van der Waals surface area contributed by atoms with Crippen molar-refractivity contribution in [1.82, 2.24) is 9.80 Å². The first-order valence-corrected chi connectivity index (χ1v) is 9.80. The second kappa shape index (κ2) is 9.11. The third-order valence-electron chi connectivity index (χ3n) is 5.26. The lowest BCUT2D eigenvalue weighted by Gasteiger charge is -2.34. The number of hydrogen-bond donors (Lipinski definition) is 0. The maximum absolute atomic E-state index is 13.0. The van der Waals surface area contributed by atoms with E-state index in [1.807, 2.05) is 29.2 Å². The Morgan fingerprint density at radius 3 is 2.11 bits per heavy atom. The van der Waals surface area contributed by atoms with Crippen LogP contribution in [0.1, 0.15) is 41.3 Å². The van der Waals surface area contributed by atoms with Gasteiger partial charge in [-0.15, -0.1) is 0 Å². The fourth-order valence-electron chi connectivity index (χ4n) is 3.39. The van der Waals surface area contributed by atoms with Gasteiger partial charge in [0.05, 0.1) is 13.0 Å². The summed E-state index contributed by atoms with van der Waals surface area (Å²) >= 11 is 0. The van der Waals surface area contributed by atoms with Crippen LogP contribution in [-0.2, 0) is 11.2 Å². The number of hydrogen-bond acceptors (Lipinski definition) is 3. The van der Waals surface area contributed by atoms with Crippen LogP contribution in [0.4, 0.5) is 4.39 Å². The Kier molecular flexibility index (Phi) is 6.57. The molecule has 28 heavy (non-hydrogen) atoms. The molecule has 5 heteroatoms. The van der Waals surface area contributed by atoms with Crippen molar-refractivity contribution < 1.29 is 14.0 Å². The van der Waals surface area contributed by atoms with E-state index in [9.17, 15) is 14.0 Å². The van der Waals surface area contributed by atoms with E-state index >= 15 is 0 Å². The second-order valence-corrected chi connectivity index (χ2v) is 7.66. The van der Waals surface area contributed by atoms with Crippen molar-refractivity contribution in [1.29, 1.82) is 0 Å². The number of benzene rings is 2. The predicted octanol–water partition coefficient (Wildman–Crippen LogP) is 3.52. The Bertz CT molecular complexity index is 808. The van der Waals surface area contributed by atoms with Crippen LogP contribution in [0.5, 0.6) is 0 Å². The number of carbonyl (C=O) groups excluding carboxylic acids is 2. The molecule has 148 valence electrons. The zero-order chi connectivity index (χ0) is 20.1. The predicted molar refractivity (Wildman–Crippen MR) is 108 cm³/mol. The fraction of sp³-hybridized carbons (Fsp3) is 0.391. The van der Waals surface area contributed by atoms with E-state index in [2.05, 4.69) is 18.7 Å². The molecule has 1 heterocycles. The Morgan fingerprint density at radius 1 is 0.929 bits per heavy atom. The van der Waals surface area contributed by atoms with Crippen LogP contribution in [-0.4, -0.2) is 54.2 Å². The normalized spacial score (nSPS) is 15.1. The highest BCUT2D eigenvalue weighted by molar-refractivity contribution is 5.97.